The fraction of sp³-hybridized carbons (Fsp3) is 0.167. The van der Waals surface area contributed by atoms with E-state index in [1.807, 2.05) is 31.2 Å². The Morgan fingerprint density at radius 2 is 2.06 bits per heavy atom. The second-order valence-electron chi connectivity index (χ2n) is 3.58. The lowest BCUT2D eigenvalue weighted by molar-refractivity contribution is 0.101. The number of aromatic nitrogens is 2. The normalized spacial score (nSPS) is 10.4. The molecule has 0 radical (unpaired) electrons. The average Bonchev–Trinajstić information content (AvgIpc) is 2.61. The molecule has 0 atom stereocenters. The first-order chi connectivity index (χ1) is 7.59. The van der Waals surface area contributed by atoms with Crippen molar-refractivity contribution in [3.8, 4) is 5.69 Å². The molecule has 16 heavy (non-hydrogen) atoms. The van der Waals surface area contributed by atoms with E-state index in [1.54, 1.807) is 17.8 Å². The van der Waals surface area contributed by atoms with Gasteiger partial charge in [-0.3, -0.25) is 4.79 Å². The SMILES string of the molecule is CC(=O)c1cn(-c2ccccc2Br)nc1C. The van der Waals surface area contributed by atoms with Gasteiger partial charge in [0.25, 0.3) is 0 Å². The number of nitrogens with zero attached hydrogens (tertiary/aromatic N) is 2. The van der Waals surface area contributed by atoms with E-state index < -0.39 is 0 Å². The van der Waals surface area contributed by atoms with Crippen LogP contribution < -0.4 is 0 Å². The quantitative estimate of drug-likeness (QED) is 0.791. The maximum Gasteiger partial charge on any atom is 0.163 e. The fourth-order valence-corrected chi connectivity index (χ4v) is 2.03. The number of carbonyl (C=O) groups is 1. The third-order valence-corrected chi connectivity index (χ3v) is 3.05. The van der Waals surface area contributed by atoms with Crippen molar-refractivity contribution in [1.29, 1.82) is 0 Å². The molecule has 0 bridgehead atoms. The van der Waals surface area contributed by atoms with Crippen molar-refractivity contribution in [3.63, 3.8) is 0 Å². The summed E-state index contributed by atoms with van der Waals surface area (Å²) in [5.41, 5.74) is 2.34. The lowest BCUT2D eigenvalue weighted by Crippen LogP contribution is -1.95. The molecule has 2 rings (SSSR count). The number of rotatable bonds is 2. The maximum absolute atomic E-state index is 11.3. The van der Waals surface area contributed by atoms with Crippen molar-refractivity contribution in [3.05, 3.63) is 46.2 Å². The Morgan fingerprint density at radius 3 is 2.62 bits per heavy atom. The molecular formula is C12H11BrN2O. The summed E-state index contributed by atoms with van der Waals surface area (Å²) in [4.78, 5) is 11.3. The molecule has 1 heterocycles. The van der Waals surface area contributed by atoms with Gasteiger partial charge < -0.3 is 0 Å². The van der Waals surface area contributed by atoms with Gasteiger partial charge in [-0.05, 0) is 41.9 Å². The van der Waals surface area contributed by atoms with Gasteiger partial charge in [0.2, 0.25) is 0 Å². The molecule has 0 saturated carbocycles. The van der Waals surface area contributed by atoms with Crippen LogP contribution in [0.15, 0.2) is 34.9 Å². The third-order valence-electron chi connectivity index (χ3n) is 2.38. The molecule has 2 aromatic rings. The molecular weight excluding hydrogens is 268 g/mol. The first-order valence-electron chi connectivity index (χ1n) is 4.91. The largest absolute Gasteiger partial charge is 0.294 e. The van der Waals surface area contributed by atoms with Crippen LogP contribution in [-0.2, 0) is 0 Å². The highest BCUT2D eigenvalue weighted by Crippen LogP contribution is 2.21. The summed E-state index contributed by atoms with van der Waals surface area (Å²) in [7, 11) is 0. The van der Waals surface area contributed by atoms with E-state index in [0.717, 1.165) is 15.9 Å². The molecule has 1 aromatic carbocycles. The van der Waals surface area contributed by atoms with Crippen LogP contribution in [0.2, 0.25) is 0 Å². The van der Waals surface area contributed by atoms with Gasteiger partial charge in [-0.25, -0.2) is 4.68 Å². The van der Waals surface area contributed by atoms with Crippen LogP contribution in [0.3, 0.4) is 0 Å². The zero-order valence-corrected chi connectivity index (χ0v) is 10.7. The number of hydrogen-bond donors (Lipinski definition) is 0. The summed E-state index contributed by atoms with van der Waals surface area (Å²) in [6, 6.07) is 7.76. The number of carbonyl (C=O) groups excluding carboxylic acids is 1. The Kier molecular flexibility index (Phi) is 2.92. The Labute approximate surface area is 102 Å². The molecule has 0 amide bonds. The molecule has 0 fully saturated rings. The monoisotopic (exact) mass is 278 g/mol. The highest BCUT2D eigenvalue weighted by Gasteiger charge is 2.11. The van der Waals surface area contributed by atoms with Crippen molar-refractivity contribution < 1.29 is 4.79 Å². The maximum atomic E-state index is 11.3. The minimum atomic E-state index is 0.0378. The van der Waals surface area contributed by atoms with Gasteiger partial charge >= 0.3 is 0 Å². The Morgan fingerprint density at radius 1 is 1.38 bits per heavy atom. The molecule has 1 aromatic heterocycles. The van der Waals surface area contributed by atoms with E-state index in [1.165, 1.54) is 0 Å². The highest BCUT2D eigenvalue weighted by atomic mass is 79.9. The molecule has 4 heteroatoms. The van der Waals surface area contributed by atoms with Crippen LogP contribution in [-0.4, -0.2) is 15.6 Å². The molecule has 0 unspecified atom stereocenters. The van der Waals surface area contributed by atoms with E-state index in [-0.39, 0.29) is 5.78 Å². The summed E-state index contributed by atoms with van der Waals surface area (Å²) >= 11 is 3.46. The van der Waals surface area contributed by atoms with Crippen molar-refractivity contribution in [2.75, 3.05) is 0 Å². The standard InChI is InChI=1S/C12H11BrN2O/c1-8-10(9(2)16)7-15(14-8)12-6-4-3-5-11(12)13/h3-7H,1-2H3. The van der Waals surface area contributed by atoms with Gasteiger partial charge in [0, 0.05) is 10.7 Å². The summed E-state index contributed by atoms with van der Waals surface area (Å²) in [5, 5.41) is 4.33. The van der Waals surface area contributed by atoms with Crippen molar-refractivity contribution in [1.82, 2.24) is 9.78 Å². The lowest BCUT2D eigenvalue weighted by atomic mass is 10.2. The Balaban J connectivity index is 2.54. The van der Waals surface area contributed by atoms with E-state index in [0.29, 0.717) is 5.56 Å². The first-order valence-corrected chi connectivity index (χ1v) is 5.71. The fourth-order valence-electron chi connectivity index (χ4n) is 1.57. The number of benzene rings is 1. The summed E-state index contributed by atoms with van der Waals surface area (Å²) in [6.07, 6.45) is 1.76. The zero-order valence-electron chi connectivity index (χ0n) is 9.07. The van der Waals surface area contributed by atoms with Crippen LogP contribution in [0, 0.1) is 6.92 Å². The van der Waals surface area contributed by atoms with Gasteiger partial charge in [-0.15, -0.1) is 0 Å². The number of para-hydroxylation sites is 1. The first kappa shape index (κ1) is 11.1. The van der Waals surface area contributed by atoms with Crippen LogP contribution >= 0.6 is 15.9 Å². The van der Waals surface area contributed by atoms with Gasteiger partial charge in [-0.2, -0.15) is 5.10 Å². The molecule has 0 spiro atoms. The predicted octanol–water partition coefficient (Wildman–Crippen LogP) is 3.15. The zero-order chi connectivity index (χ0) is 11.7. The summed E-state index contributed by atoms with van der Waals surface area (Å²) in [5.74, 6) is 0.0378. The second kappa shape index (κ2) is 4.22. The molecule has 0 aliphatic heterocycles. The van der Waals surface area contributed by atoms with Crippen LogP contribution in [0.4, 0.5) is 0 Å². The van der Waals surface area contributed by atoms with Gasteiger partial charge in [0.1, 0.15) is 0 Å². The number of halogens is 1. The van der Waals surface area contributed by atoms with E-state index in [2.05, 4.69) is 21.0 Å². The van der Waals surface area contributed by atoms with Crippen LogP contribution in [0.5, 0.6) is 0 Å². The summed E-state index contributed by atoms with van der Waals surface area (Å²) < 4.78 is 2.67. The Bertz CT molecular complexity index is 546. The van der Waals surface area contributed by atoms with Crippen LogP contribution in [0.25, 0.3) is 5.69 Å². The Hall–Kier alpha value is -1.42. The van der Waals surface area contributed by atoms with Gasteiger partial charge in [-0.1, -0.05) is 12.1 Å². The highest BCUT2D eigenvalue weighted by molar-refractivity contribution is 9.10. The van der Waals surface area contributed by atoms with E-state index >= 15 is 0 Å². The van der Waals surface area contributed by atoms with E-state index in [4.69, 9.17) is 0 Å². The van der Waals surface area contributed by atoms with Crippen molar-refractivity contribution >= 4 is 21.7 Å². The number of ketones is 1. The number of Topliss-reactive ketones (excluding diaryl/α,β-unsaturated/α-hetero) is 1. The predicted molar refractivity (Wildman–Crippen MR) is 66.0 cm³/mol. The minimum Gasteiger partial charge on any atom is -0.294 e. The molecule has 0 aliphatic carbocycles. The lowest BCUT2D eigenvalue weighted by Gasteiger charge is -2.02. The minimum absolute atomic E-state index is 0.0378. The summed E-state index contributed by atoms with van der Waals surface area (Å²) in [6.45, 7) is 3.39. The van der Waals surface area contributed by atoms with E-state index in [9.17, 15) is 4.79 Å². The number of hydrogen-bond acceptors (Lipinski definition) is 2. The molecule has 82 valence electrons. The van der Waals surface area contributed by atoms with Crippen molar-refractivity contribution in [2.45, 2.75) is 13.8 Å². The van der Waals surface area contributed by atoms with Gasteiger partial charge in [0.15, 0.2) is 5.78 Å². The smallest absolute Gasteiger partial charge is 0.163 e. The van der Waals surface area contributed by atoms with Crippen LogP contribution in [0.1, 0.15) is 23.0 Å². The average molecular weight is 279 g/mol. The molecule has 0 N–H and O–H groups in total. The van der Waals surface area contributed by atoms with Gasteiger partial charge in [0.05, 0.1) is 16.9 Å². The third kappa shape index (κ3) is 1.93. The molecule has 3 nitrogen and oxygen atoms in total. The number of aryl methyl sites for hydroxylation is 1. The topological polar surface area (TPSA) is 34.9 Å². The second-order valence-corrected chi connectivity index (χ2v) is 4.43. The molecule has 0 aliphatic rings. The van der Waals surface area contributed by atoms with Crippen molar-refractivity contribution in [2.24, 2.45) is 0 Å². The molecule has 0 saturated heterocycles.